The summed E-state index contributed by atoms with van der Waals surface area (Å²) in [4.78, 5) is 18.9. The second kappa shape index (κ2) is 10.0. The molecule has 11 heteroatoms. The number of rotatable bonds is 7. The molecule has 2 heterocycles. The summed E-state index contributed by atoms with van der Waals surface area (Å²) in [6, 6.07) is 11.3. The van der Waals surface area contributed by atoms with E-state index in [1.54, 1.807) is 21.7 Å². The lowest BCUT2D eigenvalue weighted by molar-refractivity contribution is -0.134. The highest BCUT2D eigenvalue weighted by Gasteiger charge is 2.32. The number of halogens is 3. The van der Waals surface area contributed by atoms with Crippen molar-refractivity contribution in [3.8, 4) is 0 Å². The highest BCUT2D eigenvalue weighted by Crippen LogP contribution is 2.29. The maximum absolute atomic E-state index is 13.5. The number of nitrogens with one attached hydrogen (secondary N) is 1. The Hall–Kier alpha value is -2.10. The van der Waals surface area contributed by atoms with E-state index in [4.69, 9.17) is 34.8 Å². The first-order valence-electron chi connectivity index (χ1n) is 10.2. The van der Waals surface area contributed by atoms with Crippen LogP contribution in [-0.4, -0.2) is 41.4 Å². The molecule has 2 aromatic carbocycles. The van der Waals surface area contributed by atoms with Crippen molar-refractivity contribution in [3.05, 3.63) is 81.3 Å². The van der Waals surface area contributed by atoms with E-state index in [1.165, 1.54) is 23.9 Å². The largest absolute Gasteiger partial charge is 0.337 e. The summed E-state index contributed by atoms with van der Waals surface area (Å²) >= 11 is 18.3. The molecule has 0 aliphatic carbocycles. The smallest absolute Gasteiger partial charge is 0.244 e. The Balaban J connectivity index is 1.60. The van der Waals surface area contributed by atoms with E-state index in [1.807, 2.05) is 24.3 Å². The molecule has 1 aromatic heterocycles. The third kappa shape index (κ3) is 5.36. The highest BCUT2D eigenvalue weighted by atomic mass is 35.5. The Morgan fingerprint density at radius 3 is 2.42 bits per heavy atom. The van der Waals surface area contributed by atoms with Gasteiger partial charge in [-0.05, 0) is 47.7 Å². The summed E-state index contributed by atoms with van der Waals surface area (Å²) < 4.78 is 30.6. The van der Waals surface area contributed by atoms with Gasteiger partial charge in [-0.2, -0.15) is 4.72 Å². The normalized spacial score (nSPS) is 14.7. The summed E-state index contributed by atoms with van der Waals surface area (Å²) in [6.45, 7) is 1.19. The molecular weight excluding hydrogens is 507 g/mol. The molecular formula is C22H21Cl3N4O3S. The van der Waals surface area contributed by atoms with Gasteiger partial charge in [-0.1, -0.05) is 53.5 Å². The number of carbonyl (C=O) groups excluding carboxylic acids is 1. The van der Waals surface area contributed by atoms with E-state index in [0.29, 0.717) is 26.1 Å². The van der Waals surface area contributed by atoms with Gasteiger partial charge in [0.15, 0.2) is 0 Å². The van der Waals surface area contributed by atoms with E-state index < -0.39 is 16.1 Å². The average molecular weight is 528 g/mol. The Bertz CT molecular complexity index is 1260. The van der Waals surface area contributed by atoms with Crippen molar-refractivity contribution in [1.82, 2.24) is 19.2 Å². The van der Waals surface area contributed by atoms with E-state index in [-0.39, 0.29) is 32.6 Å². The molecule has 1 aliphatic rings. The monoisotopic (exact) mass is 526 g/mol. The number of hydrogen-bond acceptors (Lipinski definition) is 4. The molecule has 1 N–H and O–H groups in total. The number of hydrogen-bond donors (Lipinski definition) is 1. The van der Waals surface area contributed by atoms with Gasteiger partial charge in [0.25, 0.3) is 0 Å². The highest BCUT2D eigenvalue weighted by molar-refractivity contribution is 7.89. The number of nitrogens with zero attached hydrogens (tertiary/aromatic N) is 3. The SMILES string of the molecule is O=C(C(CCn1ccnc1Cl)NS(=O)(=O)c1c(Cl)cccc1Cl)N1CCc2ccccc2C1. The van der Waals surface area contributed by atoms with Crippen LogP contribution in [0, 0.1) is 0 Å². The van der Waals surface area contributed by atoms with Crippen LogP contribution >= 0.6 is 34.8 Å². The van der Waals surface area contributed by atoms with Crippen molar-refractivity contribution in [2.45, 2.75) is 36.9 Å². The van der Waals surface area contributed by atoms with Gasteiger partial charge in [-0.15, -0.1) is 0 Å². The van der Waals surface area contributed by atoms with E-state index >= 15 is 0 Å². The molecule has 0 spiro atoms. The Kier molecular flexibility index (Phi) is 7.31. The zero-order chi connectivity index (χ0) is 23.6. The molecule has 3 aromatic rings. The molecule has 4 rings (SSSR count). The number of benzene rings is 2. The number of carbonyl (C=O) groups is 1. The van der Waals surface area contributed by atoms with Crippen LogP contribution < -0.4 is 4.72 Å². The minimum atomic E-state index is -4.19. The summed E-state index contributed by atoms with van der Waals surface area (Å²) in [5.74, 6) is -0.326. The summed E-state index contributed by atoms with van der Waals surface area (Å²) in [5, 5.41) is 0.210. The second-order valence-electron chi connectivity index (χ2n) is 7.68. The minimum Gasteiger partial charge on any atom is -0.337 e. The molecule has 7 nitrogen and oxygen atoms in total. The fourth-order valence-corrected chi connectivity index (χ4v) is 6.43. The van der Waals surface area contributed by atoms with Crippen LogP contribution in [0.5, 0.6) is 0 Å². The fraction of sp³-hybridized carbons (Fsp3) is 0.273. The molecule has 1 atom stereocenters. The summed E-state index contributed by atoms with van der Waals surface area (Å²) in [6.07, 6.45) is 4.06. The average Bonchev–Trinajstić information content (AvgIpc) is 3.20. The van der Waals surface area contributed by atoms with E-state index in [9.17, 15) is 13.2 Å². The van der Waals surface area contributed by atoms with Crippen LogP contribution in [0.25, 0.3) is 0 Å². The fourth-order valence-electron chi connectivity index (χ4n) is 3.87. The molecule has 1 unspecified atom stereocenters. The van der Waals surface area contributed by atoms with Crippen LogP contribution in [0.1, 0.15) is 17.5 Å². The van der Waals surface area contributed by atoms with Gasteiger partial charge in [0.1, 0.15) is 10.9 Å². The number of fused-ring (bicyclic) bond motifs is 1. The zero-order valence-electron chi connectivity index (χ0n) is 17.4. The number of imidazole rings is 1. The van der Waals surface area contributed by atoms with Gasteiger partial charge < -0.3 is 9.47 Å². The molecule has 1 aliphatic heterocycles. The van der Waals surface area contributed by atoms with Gasteiger partial charge in [0, 0.05) is 32.0 Å². The lowest BCUT2D eigenvalue weighted by Gasteiger charge is -2.32. The maximum atomic E-state index is 13.5. The maximum Gasteiger partial charge on any atom is 0.244 e. The molecule has 1 amide bonds. The third-order valence-corrected chi connectivity index (χ3v) is 8.29. The van der Waals surface area contributed by atoms with Crippen LogP contribution in [0.15, 0.2) is 59.8 Å². The predicted molar refractivity (Wildman–Crippen MR) is 128 cm³/mol. The molecule has 0 fully saturated rings. The number of sulfonamides is 1. The van der Waals surface area contributed by atoms with Crippen LogP contribution in [0.3, 0.4) is 0 Å². The summed E-state index contributed by atoms with van der Waals surface area (Å²) in [7, 11) is -4.19. The van der Waals surface area contributed by atoms with Gasteiger partial charge in [0.05, 0.1) is 10.0 Å². The van der Waals surface area contributed by atoms with Gasteiger partial charge in [0.2, 0.25) is 21.2 Å². The first-order valence-corrected chi connectivity index (χ1v) is 12.9. The topological polar surface area (TPSA) is 84.3 Å². The van der Waals surface area contributed by atoms with Crippen molar-refractivity contribution in [2.24, 2.45) is 0 Å². The molecule has 0 saturated carbocycles. The van der Waals surface area contributed by atoms with Crippen molar-refractivity contribution in [2.75, 3.05) is 6.54 Å². The van der Waals surface area contributed by atoms with Crippen molar-refractivity contribution in [1.29, 1.82) is 0 Å². The molecule has 174 valence electrons. The molecule has 0 saturated heterocycles. The zero-order valence-corrected chi connectivity index (χ0v) is 20.5. The van der Waals surface area contributed by atoms with Crippen molar-refractivity contribution < 1.29 is 13.2 Å². The van der Waals surface area contributed by atoms with Gasteiger partial charge in [-0.3, -0.25) is 4.79 Å². The Morgan fingerprint density at radius 2 is 1.76 bits per heavy atom. The molecule has 33 heavy (non-hydrogen) atoms. The Morgan fingerprint density at radius 1 is 1.06 bits per heavy atom. The predicted octanol–water partition coefficient (Wildman–Crippen LogP) is 4.17. The number of amides is 1. The van der Waals surface area contributed by atoms with Crippen LogP contribution in [-0.2, 0) is 34.3 Å². The van der Waals surface area contributed by atoms with Gasteiger partial charge in [-0.25, -0.2) is 13.4 Å². The minimum absolute atomic E-state index is 0.0225. The number of aromatic nitrogens is 2. The first kappa shape index (κ1) is 24.0. The molecule has 0 radical (unpaired) electrons. The van der Waals surface area contributed by atoms with Crippen molar-refractivity contribution >= 4 is 50.7 Å². The van der Waals surface area contributed by atoms with E-state index in [2.05, 4.69) is 9.71 Å². The number of aryl methyl sites for hydroxylation is 1. The third-order valence-electron chi connectivity index (χ3n) is 5.55. The lowest BCUT2D eigenvalue weighted by atomic mass is 9.99. The van der Waals surface area contributed by atoms with Gasteiger partial charge >= 0.3 is 0 Å². The van der Waals surface area contributed by atoms with E-state index in [0.717, 1.165) is 5.56 Å². The van der Waals surface area contributed by atoms with Crippen LogP contribution in [0.4, 0.5) is 0 Å². The quantitative estimate of drug-likeness (QED) is 0.500. The lowest BCUT2D eigenvalue weighted by Crippen LogP contribution is -2.50. The molecule has 0 bridgehead atoms. The standard InChI is InChI=1S/C22H21Cl3N4O3S/c23-17-6-3-7-18(24)20(17)33(31,32)27-19(9-12-28-13-10-26-22(28)25)21(30)29-11-8-15-4-1-2-5-16(15)14-29/h1-7,10,13,19,27H,8-9,11-12,14H2. The Labute approximate surface area is 207 Å². The first-order chi connectivity index (χ1) is 15.8. The van der Waals surface area contributed by atoms with Crippen molar-refractivity contribution in [3.63, 3.8) is 0 Å². The van der Waals surface area contributed by atoms with Crippen LogP contribution in [0.2, 0.25) is 15.3 Å². The summed E-state index contributed by atoms with van der Waals surface area (Å²) in [5.41, 5.74) is 2.23. The second-order valence-corrected chi connectivity index (χ2v) is 10.5.